The van der Waals surface area contributed by atoms with E-state index in [9.17, 15) is 9.59 Å². The van der Waals surface area contributed by atoms with Crippen molar-refractivity contribution in [2.75, 3.05) is 11.9 Å². The summed E-state index contributed by atoms with van der Waals surface area (Å²) in [6.45, 7) is 3.68. The molecule has 0 unspecified atom stereocenters. The number of alkyl carbamates (subject to hydrolysis) is 1. The third-order valence-corrected chi connectivity index (χ3v) is 4.16. The fourth-order valence-electron chi connectivity index (χ4n) is 2.96. The van der Waals surface area contributed by atoms with E-state index in [0.717, 1.165) is 11.3 Å². The van der Waals surface area contributed by atoms with Gasteiger partial charge in [0, 0.05) is 18.3 Å². The molecular weight excluding hydrogens is 316 g/mol. The van der Waals surface area contributed by atoms with Crippen LogP contribution >= 0.6 is 0 Å². The summed E-state index contributed by atoms with van der Waals surface area (Å²) in [6, 6.07) is 16.6. The number of carbonyl (C=O) groups excluding carboxylic acids is 2. The number of likely N-dealkylation sites (N-methyl/N-ethyl adjacent to an activating group) is 1. The van der Waals surface area contributed by atoms with E-state index in [2.05, 4.69) is 17.6 Å². The molecule has 0 bridgehead atoms. The summed E-state index contributed by atoms with van der Waals surface area (Å²) < 4.78 is 5.27. The minimum absolute atomic E-state index is 0.117. The molecule has 0 aromatic heterocycles. The quantitative estimate of drug-likeness (QED) is 0.874. The van der Waals surface area contributed by atoms with E-state index in [0.29, 0.717) is 5.56 Å². The van der Waals surface area contributed by atoms with Crippen molar-refractivity contribution in [2.45, 2.75) is 12.1 Å². The minimum atomic E-state index is -1.36. The molecule has 2 aromatic carbocycles. The fraction of sp³-hybridized carbons (Fsp3) is 0.150. The Hall–Kier alpha value is -3.30. The zero-order valence-corrected chi connectivity index (χ0v) is 13.9. The predicted molar refractivity (Wildman–Crippen MR) is 95.0 cm³/mol. The molecule has 126 valence electrons. The Kier molecular flexibility index (Phi) is 4.42. The highest BCUT2D eigenvalue weighted by molar-refractivity contribution is 6.10. The summed E-state index contributed by atoms with van der Waals surface area (Å²) in [5.74, 6) is -0.290. The summed E-state index contributed by atoms with van der Waals surface area (Å²) in [5, 5.41) is 2.69. The lowest BCUT2D eigenvalue weighted by molar-refractivity contribution is -0.122. The standard InChI is InChI=1S/C20H18N2O3/c1-3-13-20(16-11-7-8-12-17(16)22(2)18(20)23)21-19(24)25-14-15-9-5-4-6-10-15/h4-13H,1,14H2,2H3,(H,21,24)/t20-/m1/s1. The summed E-state index contributed by atoms with van der Waals surface area (Å²) in [6.07, 6.45) is 0.773. The lowest BCUT2D eigenvalue weighted by Crippen LogP contribution is -2.51. The van der Waals surface area contributed by atoms with Crippen molar-refractivity contribution in [3.63, 3.8) is 0 Å². The number of hydrogen-bond donors (Lipinski definition) is 1. The summed E-state index contributed by atoms with van der Waals surface area (Å²) in [7, 11) is 1.66. The highest BCUT2D eigenvalue weighted by Gasteiger charge is 2.49. The maximum absolute atomic E-state index is 12.8. The van der Waals surface area contributed by atoms with Crippen LogP contribution in [0.3, 0.4) is 0 Å². The third-order valence-electron chi connectivity index (χ3n) is 4.16. The van der Waals surface area contributed by atoms with Gasteiger partial charge in [-0.2, -0.15) is 0 Å². The molecule has 1 atom stereocenters. The summed E-state index contributed by atoms with van der Waals surface area (Å²) in [4.78, 5) is 26.7. The van der Waals surface area contributed by atoms with Gasteiger partial charge in [0.05, 0.1) is 0 Å². The zero-order chi connectivity index (χ0) is 17.9. The zero-order valence-electron chi connectivity index (χ0n) is 13.9. The second-order valence-corrected chi connectivity index (χ2v) is 5.72. The van der Waals surface area contributed by atoms with Crippen molar-refractivity contribution in [1.29, 1.82) is 0 Å². The lowest BCUT2D eigenvalue weighted by atomic mass is 9.91. The number of fused-ring (bicyclic) bond motifs is 1. The number of rotatable bonds is 4. The number of hydrogen-bond acceptors (Lipinski definition) is 3. The number of ether oxygens (including phenoxy) is 1. The molecular formula is C20H18N2O3. The largest absolute Gasteiger partial charge is 0.445 e. The Morgan fingerprint density at radius 2 is 1.92 bits per heavy atom. The van der Waals surface area contributed by atoms with E-state index in [1.165, 1.54) is 11.0 Å². The van der Waals surface area contributed by atoms with E-state index >= 15 is 0 Å². The molecule has 1 aliphatic rings. The maximum atomic E-state index is 12.8. The van der Waals surface area contributed by atoms with Crippen LogP contribution in [0.2, 0.25) is 0 Å². The molecule has 1 aliphatic heterocycles. The number of anilines is 1. The van der Waals surface area contributed by atoms with Gasteiger partial charge >= 0.3 is 6.09 Å². The normalized spacial score (nSPS) is 18.3. The van der Waals surface area contributed by atoms with Crippen molar-refractivity contribution in [3.05, 3.63) is 84.1 Å². The van der Waals surface area contributed by atoms with Gasteiger partial charge in [-0.05, 0) is 17.7 Å². The SMILES string of the molecule is C=C=C[C@]1(NC(=O)OCc2ccccc2)C(=O)N(C)c2ccccc21. The van der Waals surface area contributed by atoms with E-state index in [4.69, 9.17) is 4.74 Å². The maximum Gasteiger partial charge on any atom is 0.408 e. The van der Waals surface area contributed by atoms with Crippen LogP contribution in [-0.2, 0) is 21.7 Å². The predicted octanol–water partition coefficient (Wildman–Crippen LogP) is 3.13. The number of carbonyl (C=O) groups is 2. The van der Waals surface area contributed by atoms with Crippen LogP contribution in [0, 0.1) is 0 Å². The molecule has 0 aliphatic carbocycles. The second-order valence-electron chi connectivity index (χ2n) is 5.72. The number of amides is 2. The summed E-state index contributed by atoms with van der Waals surface area (Å²) >= 11 is 0. The molecule has 0 radical (unpaired) electrons. The average Bonchev–Trinajstić information content (AvgIpc) is 2.84. The molecule has 1 N–H and O–H groups in total. The third kappa shape index (κ3) is 2.93. The summed E-state index contributed by atoms with van der Waals surface area (Å²) in [5.41, 5.74) is 3.52. The van der Waals surface area contributed by atoms with Crippen LogP contribution in [-0.4, -0.2) is 19.0 Å². The van der Waals surface area contributed by atoms with Gasteiger partial charge in [-0.1, -0.05) is 55.1 Å². The average molecular weight is 334 g/mol. The van der Waals surface area contributed by atoms with Gasteiger partial charge in [0.15, 0.2) is 5.54 Å². The highest BCUT2D eigenvalue weighted by Crippen LogP contribution is 2.40. The first-order chi connectivity index (χ1) is 12.1. The molecule has 3 rings (SSSR count). The minimum Gasteiger partial charge on any atom is -0.445 e. The molecule has 5 heteroatoms. The Balaban J connectivity index is 1.85. The Morgan fingerprint density at radius 1 is 1.24 bits per heavy atom. The lowest BCUT2D eigenvalue weighted by Gasteiger charge is -2.25. The molecule has 0 saturated carbocycles. The van der Waals surface area contributed by atoms with E-state index in [1.807, 2.05) is 48.5 Å². The highest BCUT2D eigenvalue weighted by atomic mass is 16.5. The number of nitrogens with one attached hydrogen (secondary N) is 1. The first kappa shape index (κ1) is 16.6. The number of para-hydroxylation sites is 1. The molecule has 2 amide bonds. The van der Waals surface area contributed by atoms with Crippen molar-refractivity contribution in [1.82, 2.24) is 5.32 Å². The van der Waals surface area contributed by atoms with Gasteiger partial charge in [0.25, 0.3) is 5.91 Å². The molecule has 0 fully saturated rings. The van der Waals surface area contributed by atoms with Crippen LogP contribution in [0.25, 0.3) is 0 Å². The van der Waals surface area contributed by atoms with Crippen LogP contribution in [0.4, 0.5) is 10.5 Å². The van der Waals surface area contributed by atoms with Crippen LogP contribution in [0.1, 0.15) is 11.1 Å². The monoisotopic (exact) mass is 334 g/mol. The Morgan fingerprint density at radius 3 is 2.64 bits per heavy atom. The fourth-order valence-corrected chi connectivity index (χ4v) is 2.96. The van der Waals surface area contributed by atoms with E-state index in [-0.39, 0.29) is 12.5 Å². The Bertz CT molecular complexity index is 856. The molecule has 1 heterocycles. The van der Waals surface area contributed by atoms with E-state index in [1.54, 1.807) is 13.1 Å². The van der Waals surface area contributed by atoms with Gasteiger partial charge in [0.1, 0.15) is 6.61 Å². The molecule has 0 spiro atoms. The van der Waals surface area contributed by atoms with Crippen LogP contribution < -0.4 is 10.2 Å². The Labute approximate surface area is 146 Å². The van der Waals surface area contributed by atoms with Crippen molar-refractivity contribution in [3.8, 4) is 0 Å². The van der Waals surface area contributed by atoms with Gasteiger partial charge in [0.2, 0.25) is 0 Å². The molecule has 5 nitrogen and oxygen atoms in total. The van der Waals surface area contributed by atoms with E-state index < -0.39 is 11.6 Å². The second kappa shape index (κ2) is 6.67. The van der Waals surface area contributed by atoms with Gasteiger partial charge in [-0.25, -0.2) is 4.79 Å². The molecule has 0 saturated heterocycles. The number of benzene rings is 2. The van der Waals surface area contributed by atoms with Crippen LogP contribution in [0.5, 0.6) is 0 Å². The topological polar surface area (TPSA) is 58.6 Å². The number of nitrogens with zero attached hydrogens (tertiary/aromatic N) is 1. The first-order valence-corrected chi connectivity index (χ1v) is 7.82. The molecule has 2 aromatic rings. The van der Waals surface area contributed by atoms with Gasteiger partial charge in [-0.3, -0.25) is 10.1 Å². The van der Waals surface area contributed by atoms with Crippen molar-refractivity contribution < 1.29 is 14.3 Å². The van der Waals surface area contributed by atoms with Gasteiger partial charge in [-0.15, -0.1) is 5.73 Å². The molecule has 25 heavy (non-hydrogen) atoms. The van der Waals surface area contributed by atoms with Gasteiger partial charge < -0.3 is 9.64 Å². The smallest absolute Gasteiger partial charge is 0.408 e. The van der Waals surface area contributed by atoms with Crippen molar-refractivity contribution in [2.24, 2.45) is 0 Å². The van der Waals surface area contributed by atoms with Crippen molar-refractivity contribution >= 4 is 17.7 Å². The van der Waals surface area contributed by atoms with Crippen LogP contribution in [0.15, 0.2) is 73.0 Å². The first-order valence-electron chi connectivity index (χ1n) is 7.82.